The number of Topliss-reactive ketones (excluding diaryl/α,β-unsaturated/α-hetero) is 1. The third-order valence-electron chi connectivity index (χ3n) is 3.87. The lowest BCUT2D eigenvalue weighted by atomic mass is 10.0. The lowest BCUT2D eigenvalue weighted by Crippen LogP contribution is -2.30. The maximum atomic E-state index is 12.9. The summed E-state index contributed by atoms with van der Waals surface area (Å²) in [7, 11) is 0. The molecule has 4 heterocycles. The number of hydrogen-bond donors (Lipinski definition) is 1. The van der Waals surface area contributed by atoms with Crippen LogP contribution < -0.4 is 4.90 Å². The van der Waals surface area contributed by atoms with Crippen LogP contribution in [0.5, 0.6) is 0 Å². The first-order valence-electron chi connectivity index (χ1n) is 7.39. The number of aryl methyl sites for hydroxylation is 1. The Morgan fingerprint density at radius 1 is 1.28 bits per heavy atom. The van der Waals surface area contributed by atoms with Gasteiger partial charge in [-0.05, 0) is 29.8 Å². The normalized spacial score (nSPS) is 17.6. The van der Waals surface area contributed by atoms with Crippen molar-refractivity contribution in [2.24, 2.45) is 0 Å². The van der Waals surface area contributed by atoms with E-state index in [9.17, 15) is 14.7 Å². The monoisotopic (exact) mass is 372 g/mol. The smallest absolute Gasteiger partial charge is 0.295 e. The number of aliphatic hydroxyl groups excluding tert-OH is 1. The third-order valence-corrected chi connectivity index (χ3v) is 5.67. The molecule has 1 amide bonds. The molecule has 3 aromatic heterocycles. The number of aromatic nitrogens is 1. The molecule has 0 aliphatic carbocycles. The molecule has 0 fully saturated rings. The maximum absolute atomic E-state index is 12.9. The van der Waals surface area contributed by atoms with Crippen molar-refractivity contribution < 1.29 is 19.2 Å². The molecule has 0 spiro atoms. The van der Waals surface area contributed by atoms with Gasteiger partial charge in [-0.25, -0.2) is 0 Å². The minimum Gasteiger partial charge on any atom is -0.503 e. The van der Waals surface area contributed by atoms with E-state index in [1.54, 1.807) is 30.5 Å². The highest BCUT2D eigenvalue weighted by molar-refractivity contribution is 7.12. The SMILES string of the molecule is Cc1cc(N2C(=O)C(O)=C(C(=O)c3cccs3)C2c2cccs2)no1. The minimum atomic E-state index is -0.730. The fourth-order valence-corrected chi connectivity index (χ4v) is 4.30. The summed E-state index contributed by atoms with van der Waals surface area (Å²) in [4.78, 5) is 28.2. The topological polar surface area (TPSA) is 83.6 Å². The molecule has 1 aliphatic rings. The molecule has 1 N–H and O–H groups in total. The molecule has 126 valence electrons. The molecule has 0 radical (unpaired) electrons. The van der Waals surface area contributed by atoms with Crippen molar-refractivity contribution in [2.75, 3.05) is 4.90 Å². The Labute approximate surface area is 150 Å². The Hall–Kier alpha value is -2.71. The zero-order valence-corrected chi connectivity index (χ0v) is 14.6. The maximum Gasteiger partial charge on any atom is 0.295 e. The standard InChI is InChI=1S/C17H12N2O4S2/c1-9-8-12(18-23-9)19-14(10-4-2-6-24-10)13(16(21)17(19)22)15(20)11-5-3-7-25-11/h2-8,14,21H,1H3. The molecule has 0 bridgehead atoms. The van der Waals surface area contributed by atoms with Gasteiger partial charge in [0.25, 0.3) is 5.91 Å². The first kappa shape index (κ1) is 15.8. The number of nitrogens with zero attached hydrogens (tertiary/aromatic N) is 2. The highest BCUT2D eigenvalue weighted by atomic mass is 32.1. The lowest BCUT2D eigenvalue weighted by Gasteiger charge is -2.22. The number of thiophene rings is 2. The number of rotatable bonds is 4. The second-order valence-electron chi connectivity index (χ2n) is 5.46. The Bertz CT molecular complexity index is 970. The molecule has 0 saturated heterocycles. The molecule has 4 rings (SSSR count). The summed E-state index contributed by atoms with van der Waals surface area (Å²) >= 11 is 2.67. The summed E-state index contributed by atoms with van der Waals surface area (Å²) in [5.41, 5.74) is 0.0653. The van der Waals surface area contributed by atoms with Gasteiger partial charge in [-0.15, -0.1) is 22.7 Å². The van der Waals surface area contributed by atoms with E-state index in [1.807, 2.05) is 17.5 Å². The van der Waals surface area contributed by atoms with Gasteiger partial charge in [0.1, 0.15) is 11.8 Å². The number of amides is 1. The average molecular weight is 372 g/mol. The predicted molar refractivity (Wildman–Crippen MR) is 94.1 cm³/mol. The number of carbonyl (C=O) groups is 2. The van der Waals surface area contributed by atoms with Crippen molar-refractivity contribution in [1.29, 1.82) is 0 Å². The quantitative estimate of drug-likeness (QED) is 0.703. The molecule has 6 nitrogen and oxygen atoms in total. The van der Waals surface area contributed by atoms with Crippen molar-refractivity contribution in [3.05, 3.63) is 67.9 Å². The van der Waals surface area contributed by atoms with Crippen molar-refractivity contribution in [1.82, 2.24) is 5.16 Å². The van der Waals surface area contributed by atoms with Crippen LogP contribution in [0.2, 0.25) is 0 Å². The molecule has 25 heavy (non-hydrogen) atoms. The zero-order valence-electron chi connectivity index (χ0n) is 13.0. The molecule has 1 atom stereocenters. The van der Waals surface area contributed by atoms with Crippen LogP contribution in [-0.2, 0) is 4.79 Å². The first-order chi connectivity index (χ1) is 12.1. The number of carbonyl (C=O) groups excluding carboxylic acids is 2. The van der Waals surface area contributed by atoms with Crippen LogP contribution in [0.25, 0.3) is 0 Å². The van der Waals surface area contributed by atoms with Gasteiger partial charge < -0.3 is 9.63 Å². The van der Waals surface area contributed by atoms with E-state index < -0.39 is 17.7 Å². The van der Waals surface area contributed by atoms with Gasteiger partial charge in [0.2, 0.25) is 5.78 Å². The van der Waals surface area contributed by atoms with Gasteiger partial charge >= 0.3 is 0 Å². The number of anilines is 1. The summed E-state index contributed by atoms with van der Waals surface area (Å²) in [5.74, 6) is -0.766. The van der Waals surface area contributed by atoms with Crippen molar-refractivity contribution >= 4 is 40.2 Å². The van der Waals surface area contributed by atoms with Crippen LogP contribution in [0.15, 0.2) is 56.9 Å². The van der Waals surface area contributed by atoms with Gasteiger partial charge in [-0.3, -0.25) is 14.5 Å². The van der Waals surface area contributed by atoms with E-state index in [0.717, 1.165) is 4.88 Å². The lowest BCUT2D eigenvalue weighted by molar-refractivity contribution is -0.117. The van der Waals surface area contributed by atoms with E-state index in [-0.39, 0.29) is 17.2 Å². The molecule has 8 heteroatoms. The molecule has 0 saturated carbocycles. The Kier molecular flexibility index (Phi) is 3.78. The van der Waals surface area contributed by atoms with E-state index in [2.05, 4.69) is 5.16 Å². The van der Waals surface area contributed by atoms with Gasteiger partial charge in [0, 0.05) is 10.9 Å². The van der Waals surface area contributed by atoms with Crippen LogP contribution in [0.1, 0.15) is 26.4 Å². The van der Waals surface area contributed by atoms with E-state index in [4.69, 9.17) is 4.52 Å². The number of hydrogen-bond acceptors (Lipinski definition) is 7. The predicted octanol–water partition coefficient (Wildman–Crippen LogP) is 3.89. The molecule has 3 aromatic rings. The van der Waals surface area contributed by atoms with E-state index in [0.29, 0.717) is 10.6 Å². The Morgan fingerprint density at radius 2 is 2.04 bits per heavy atom. The third kappa shape index (κ3) is 2.50. The summed E-state index contributed by atoms with van der Waals surface area (Å²) in [6.07, 6.45) is 0. The molecule has 0 aromatic carbocycles. The molecule has 1 unspecified atom stereocenters. The van der Waals surface area contributed by atoms with Crippen LogP contribution >= 0.6 is 22.7 Å². The van der Waals surface area contributed by atoms with Crippen LogP contribution in [-0.4, -0.2) is 22.0 Å². The summed E-state index contributed by atoms with van der Waals surface area (Å²) in [5, 5.41) is 18.0. The van der Waals surface area contributed by atoms with Crippen LogP contribution in [0, 0.1) is 6.92 Å². The first-order valence-corrected chi connectivity index (χ1v) is 9.15. The second kappa shape index (κ2) is 5.98. The highest BCUT2D eigenvalue weighted by Gasteiger charge is 2.46. The van der Waals surface area contributed by atoms with Crippen LogP contribution in [0.3, 0.4) is 0 Å². The number of ketones is 1. The second-order valence-corrected chi connectivity index (χ2v) is 7.38. The van der Waals surface area contributed by atoms with Crippen molar-refractivity contribution in [2.45, 2.75) is 13.0 Å². The largest absolute Gasteiger partial charge is 0.503 e. The minimum absolute atomic E-state index is 0.0653. The molecular formula is C17H12N2O4S2. The number of aliphatic hydroxyl groups is 1. The summed E-state index contributed by atoms with van der Waals surface area (Å²) in [6.45, 7) is 1.71. The fraction of sp³-hybridized carbons (Fsp3) is 0.118. The van der Waals surface area contributed by atoms with Crippen molar-refractivity contribution in [3.8, 4) is 0 Å². The average Bonchev–Trinajstić information content (AvgIpc) is 3.36. The van der Waals surface area contributed by atoms with Crippen molar-refractivity contribution in [3.63, 3.8) is 0 Å². The van der Waals surface area contributed by atoms with Gasteiger partial charge in [0.05, 0.1) is 10.5 Å². The highest BCUT2D eigenvalue weighted by Crippen LogP contribution is 2.43. The summed E-state index contributed by atoms with van der Waals surface area (Å²) < 4.78 is 5.07. The van der Waals surface area contributed by atoms with E-state index >= 15 is 0 Å². The Balaban J connectivity index is 1.86. The Morgan fingerprint density at radius 3 is 2.64 bits per heavy atom. The molecular weight excluding hydrogens is 360 g/mol. The van der Waals surface area contributed by atoms with Gasteiger partial charge in [-0.1, -0.05) is 17.3 Å². The zero-order chi connectivity index (χ0) is 17.6. The van der Waals surface area contributed by atoms with Gasteiger partial charge in [0.15, 0.2) is 11.6 Å². The van der Waals surface area contributed by atoms with E-state index in [1.165, 1.54) is 27.6 Å². The summed E-state index contributed by atoms with van der Waals surface area (Å²) in [6, 6.07) is 7.95. The van der Waals surface area contributed by atoms with Gasteiger partial charge in [-0.2, -0.15) is 0 Å². The molecule has 1 aliphatic heterocycles. The van der Waals surface area contributed by atoms with Crippen LogP contribution in [0.4, 0.5) is 5.82 Å². The fourth-order valence-electron chi connectivity index (χ4n) is 2.80.